The van der Waals surface area contributed by atoms with E-state index in [2.05, 4.69) is 0 Å². The minimum absolute atomic E-state index is 0.0248. The van der Waals surface area contributed by atoms with Gasteiger partial charge < -0.3 is 24.2 Å². The summed E-state index contributed by atoms with van der Waals surface area (Å²) >= 11 is 0. The maximum Gasteiger partial charge on any atom is 0.308 e. The zero-order valence-corrected chi connectivity index (χ0v) is 13.4. The quantitative estimate of drug-likeness (QED) is 0.891. The number of hydrogen-bond donors (Lipinski definition) is 1. The largest absolute Gasteiger partial charge is 0.481 e. The van der Waals surface area contributed by atoms with Gasteiger partial charge in [0.2, 0.25) is 12.7 Å². The molecule has 2 fully saturated rings. The molecular formula is C17H19NO6. The van der Waals surface area contributed by atoms with E-state index in [1.807, 2.05) is 19.1 Å². The van der Waals surface area contributed by atoms with E-state index in [9.17, 15) is 14.7 Å². The van der Waals surface area contributed by atoms with Gasteiger partial charge in [0.1, 0.15) is 0 Å². The van der Waals surface area contributed by atoms with Gasteiger partial charge in [-0.3, -0.25) is 9.59 Å². The summed E-state index contributed by atoms with van der Waals surface area (Å²) < 4.78 is 15.8. The highest BCUT2D eigenvalue weighted by atomic mass is 16.7. The predicted molar refractivity (Wildman–Crippen MR) is 81.9 cm³/mol. The maximum absolute atomic E-state index is 12.7. The van der Waals surface area contributed by atoms with Crippen LogP contribution in [-0.2, 0) is 14.3 Å². The molecule has 0 spiro atoms. The van der Waals surface area contributed by atoms with Crippen molar-refractivity contribution >= 4 is 11.9 Å². The monoisotopic (exact) mass is 333 g/mol. The minimum atomic E-state index is -0.886. The molecule has 0 radical (unpaired) electrons. The van der Waals surface area contributed by atoms with E-state index < -0.39 is 17.3 Å². The molecule has 1 amide bonds. The summed E-state index contributed by atoms with van der Waals surface area (Å²) in [5.41, 5.74) is 0.337. The molecule has 24 heavy (non-hydrogen) atoms. The Balaban J connectivity index is 1.59. The molecule has 2 saturated heterocycles. The van der Waals surface area contributed by atoms with Crippen LogP contribution in [0.1, 0.15) is 18.4 Å². The van der Waals surface area contributed by atoms with Crippen LogP contribution in [0.5, 0.6) is 11.5 Å². The molecule has 0 aliphatic carbocycles. The Hall–Kier alpha value is -2.28. The molecule has 0 saturated carbocycles. The summed E-state index contributed by atoms with van der Waals surface area (Å²) in [4.78, 5) is 26.1. The molecule has 0 bridgehead atoms. The van der Waals surface area contributed by atoms with Crippen molar-refractivity contribution in [3.05, 3.63) is 23.8 Å². The molecule has 3 heterocycles. The van der Waals surface area contributed by atoms with Crippen LogP contribution >= 0.6 is 0 Å². The Labute approximate surface area is 139 Å². The molecule has 0 unspecified atom stereocenters. The van der Waals surface area contributed by atoms with Gasteiger partial charge in [-0.2, -0.15) is 0 Å². The van der Waals surface area contributed by atoms with Crippen molar-refractivity contribution in [3.8, 4) is 11.5 Å². The number of benzene rings is 1. The van der Waals surface area contributed by atoms with E-state index in [1.54, 1.807) is 11.0 Å². The fourth-order valence-corrected chi connectivity index (χ4v) is 3.61. The van der Waals surface area contributed by atoms with Gasteiger partial charge in [0.15, 0.2) is 11.5 Å². The van der Waals surface area contributed by atoms with Crippen LogP contribution in [-0.4, -0.2) is 55.0 Å². The Bertz CT molecular complexity index is 698. The van der Waals surface area contributed by atoms with Crippen molar-refractivity contribution in [2.45, 2.75) is 12.8 Å². The summed E-state index contributed by atoms with van der Waals surface area (Å²) in [7, 11) is 0. The number of nitrogens with zero attached hydrogens (tertiary/aromatic N) is 1. The molecule has 1 aromatic carbocycles. The van der Waals surface area contributed by atoms with E-state index in [1.165, 1.54) is 0 Å². The summed E-state index contributed by atoms with van der Waals surface area (Å²) in [5, 5.41) is 9.59. The Morgan fingerprint density at radius 1 is 1.21 bits per heavy atom. The first-order valence-electron chi connectivity index (χ1n) is 7.97. The highest BCUT2D eigenvalue weighted by Gasteiger charge is 2.48. The Kier molecular flexibility index (Phi) is 3.42. The van der Waals surface area contributed by atoms with Gasteiger partial charge in [-0.25, -0.2) is 0 Å². The van der Waals surface area contributed by atoms with Crippen LogP contribution in [0.3, 0.4) is 0 Å². The van der Waals surface area contributed by atoms with Crippen molar-refractivity contribution in [2.75, 3.05) is 33.1 Å². The fourth-order valence-electron chi connectivity index (χ4n) is 3.61. The lowest BCUT2D eigenvalue weighted by Gasteiger charge is -2.39. The summed E-state index contributed by atoms with van der Waals surface area (Å²) in [6.07, 6.45) is 0. The minimum Gasteiger partial charge on any atom is -0.481 e. The molecule has 2 atom stereocenters. The lowest BCUT2D eigenvalue weighted by Crippen LogP contribution is -2.53. The number of carbonyl (C=O) groups excluding carboxylic acids is 1. The number of hydrogen-bond acceptors (Lipinski definition) is 5. The zero-order valence-electron chi connectivity index (χ0n) is 13.4. The highest BCUT2D eigenvalue weighted by Crippen LogP contribution is 2.41. The number of carboxylic acid groups (broad SMARTS) is 1. The zero-order chi connectivity index (χ0) is 16.9. The number of likely N-dealkylation sites (tertiary alicyclic amines) is 1. The molecule has 7 nitrogen and oxygen atoms in total. The number of aliphatic carboxylic acids is 1. The predicted octanol–water partition coefficient (Wildman–Crippen LogP) is 1.08. The number of carbonyl (C=O) groups is 2. The van der Waals surface area contributed by atoms with Crippen LogP contribution in [0.25, 0.3) is 0 Å². The summed E-state index contributed by atoms with van der Waals surface area (Å²) in [6.45, 7) is 3.45. The second-order valence-electron chi connectivity index (χ2n) is 6.93. The van der Waals surface area contributed by atoms with Gasteiger partial charge in [0.25, 0.3) is 0 Å². The van der Waals surface area contributed by atoms with Crippen LogP contribution in [0.4, 0.5) is 0 Å². The Morgan fingerprint density at radius 2 is 1.96 bits per heavy atom. The van der Waals surface area contributed by atoms with Gasteiger partial charge in [0, 0.05) is 19.0 Å². The highest BCUT2D eigenvalue weighted by molar-refractivity contribution is 5.85. The number of ether oxygens (including phenoxy) is 3. The third-order valence-electron chi connectivity index (χ3n) is 5.11. The Morgan fingerprint density at radius 3 is 2.62 bits per heavy atom. The number of carboxylic acids is 1. The third-order valence-corrected chi connectivity index (χ3v) is 5.11. The first kappa shape index (κ1) is 15.3. The number of amides is 1. The molecule has 4 rings (SSSR count). The maximum atomic E-state index is 12.7. The smallest absolute Gasteiger partial charge is 0.308 e. The lowest BCUT2D eigenvalue weighted by atomic mass is 9.87. The van der Waals surface area contributed by atoms with Gasteiger partial charge >= 0.3 is 5.97 Å². The van der Waals surface area contributed by atoms with Gasteiger partial charge in [-0.1, -0.05) is 6.07 Å². The lowest BCUT2D eigenvalue weighted by molar-refractivity contribution is -0.167. The molecule has 3 aliphatic rings. The van der Waals surface area contributed by atoms with Crippen molar-refractivity contribution in [2.24, 2.45) is 11.3 Å². The second kappa shape index (κ2) is 5.37. The molecule has 1 aromatic rings. The first-order valence-corrected chi connectivity index (χ1v) is 7.97. The van der Waals surface area contributed by atoms with E-state index in [0.717, 1.165) is 5.56 Å². The second-order valence-corrected chi connectivity index (χ2v) is 6.93. The van der Waals surface area contributed by atoms with Crippen molar-refractivity contribution in [3.63, 3.8) is 0 Å². The normalized spacial score (nSPS) is 27.0. The average Bonchev–Trinajstić information content (AvgIpc) is 3.17. The van der Waals surface area contributed by atoms with Gasteiger partial charge in [0.05, 0.1) is 24.5 Å². The molecule has 128 valence electrons. The molecular weight excluding hydrogens is 314 g/mol. The standard InChI is InChI=1S/C17H19NO6/c1-17(7-22-8-17)16(21)18-5-11(12(6-18)15(19)20)10-2-3-13-14(4-10)24-9-23-13/h2-4,11-12H,5-9H2,1H3,(H,19,20)/t11-,12+/m1/s1. The molecule has 7 heteroatoms. The molecule has 0 aromatic heterocycles. The third kappa shape index (κ3) is 2.31. The van der Waals surface area contributed by atoms with Crippen molar-refractivity contribution in [1.82, 2.24) is 4.90 Å². The molecule has 1 N–H and O–H groups in total. The topological polar surface area (TPSA) is 85.3 Å². The van der Waals surface area contributed by atoms with Gasteiger partial charge in [-0.15, -0.1) is 0 Å². The van der Waals surface area contributed by atoms with E-state index in [0.29, 0.717) is 31.3 Å². The van der Waals surface area contributed by atoms with Gasteiger partial charge in [-0.05, 0) is 24.6 Å². The summed E-state index contributed by atoms with van der Waals surface area (Å²) in [5.74, 6) is -0.507. The fraction of sp³-hybridized carbons (Fsp3) is 0.529. The van der Waals surface area contributed by atoms with Crippen LogP contribution < -0.4 is 9.47 Å². The van der Waals surface area contributed by atoms with Crippen LogP contribution in [0.15, 0.2) is 18.2 Å². The van der Waals surface area contributed by atoms with Crippen LogP contribution in [0.2, 0.25) is 0 Å². The van der Waals surface area contributed by atoms with E-state index in [4.69, 9.17) is 14.2 Å². The van der Waals surface area contributed by atoms with Crippen molar-refractivity contribution < 1.29 is 28.9 Å². The number of rotatable bonds is 3. The first-order chi connectivity index (χ1) is 11.5. The van der Waals surface area contributed by atoms with Crippen LogP contribution in [0, 0.1) is 11.3 Å². The molecule has 3 aliphatic heterocycles. The van der Waals surface area contributed by atoms with E-state index in [-0.39, 0.29) is 25.2 Å². The SMILES string of the molecule is CC1(C(=O)N2C[C@H](C(=O)O)[C@@H](c3ccc4c(c3)OCO4)C2)COC1. The number of fused-ring (bicyclic) bond motifs is 1. The summed E-state index contributed by atoms with van der Waals surface area (Å²) in [6, 6.07) is 5.48. The van der Waals surface area contributed by atoms with Crippen molar-refractivity contribution in [1.29, 1.82) is 0 Å². The average molecular weight is 333 g/mol. The van der Waals surface area contributed by atoms with E-state index >= 15 is 0 Å².